The van der Waals surface area contributed by atoms with Crippen molar-refractivity contribution in [1.82, 2.24) is 19.9 Å². The Morgan fingerprint density at radius 1 is 1.42 bits per heavy atom. The molecule has 1 aliphatic heterocycles. The zero-order valence-electron chi connectivity index (χ0n) is 15.7. The summed E-state index contributed by atoms with van der Waals surface area (Å²) in [7, 11) is 0. The highest BCUT2D eigenvalue weighted by atomic mass is 16.5. The summed E-state index contributed by atoms with van der Waals surface area (Å²) in [6.07, 6.45) is 4.38. The summed E-state index contributed by atoms with van der Waals surface area (Å²) in [5.74, 6) is 2.42. The molecule has 0 aromatic carbocycles. The maximum absolute atomic E-state index is 12.2. The number of nitrogens with one attached hydrogen (secondary N) is 1. The van der Waals surface area contributed by atoms with Crippen molar-refractivity contribution >= 4 is 11.7 Å². The van der Waals surface area contributed by atoms with Crippen LogP contribution in [-0.2, 0) is 27.9 Å². The molecule has 3 rings (SSSR count). The van der Waals surface area contributed by atoms with Crippen LogP contribution in [0, 0.1) is 5.92 Å². The van der Waals surface area contributed by atoms with E-state index in [1.54, 1.807) is 6.20 Å². The van der Waals surface area contributed by atoms with Gasteiger partial charge in [0.25, 0.3) is 0 Å². The highest BCUT2D eigenvalue weighted by molar-refractivity contribution is 5.89. The third-order valence-corrected chi connectivity index (χ3v) is 4.37. The first-order chi connectivity index (χ1) is 12.4. The van der Waals surface area contributed by atoms with Crippen LogP contribution in [0.3, 0.4) is 0 Å². The monoisotopic (exact) mass is 361 g/mol. The number of ether oxygens (including phenoxy) is 1. The molecule has 0 bridgehead atoms. The minimum atomic E-state index is -0.137. The molecular formula is C18H27N5O3. The molecule has 8 heteroatoms. The average molecular weight is 361 g/mol. The molecule has 1 amide bonds. The van der Waals surface area contributed by atoms with Gasteiger partial charge in [0, 0.05) is 43.4 Å². The molecule has 2 aromatic rings. The maximum Gasteiger partial charge on any atom is 0.226 e. The van der Waals surface area contributed by atoms with E-state index in [1.165, 1.54) is 0 Å². The van der Waals surface area contributed by atoms with Crippen molar-refractivity contribution in [3.8, 4) is 0 Å². The second kappa shape index (κ2) is 7.99. The summed E-state index contributed by atoms with van der Waals surface area (Å²) >= 11 is 0. The molecule has 1 aliphatic rings. The molecule has 1 fully saturated rings. The number of carbonyl (C=O) groups is 1. The van der Waals surface area contributed by atoms with Crippen molar-refractivity contribution in [2.45, 2.75) is 58.4 Å². The molecule has 0 aliphatic carbocycles. The van der Waals surface area contributed by atoms with Crippen LogP contribution in [0.2, 0.25) is 0 Å². The van der Waals surface area contributed by atoms with Crippen molar-refractivity contribution in [3.63, 3.8) is 0 Å². The van der Waals surface area contributed by atoms with Crippen molar-refractivity contribution < 1.29 is 14.1 Å². The second-order valence-corrected chi connectivity index (χ2v) is 7.79. The van der Waals surface area contributed by atoms with E-state index in [1.807, 2.05) is 31.5 Å². The van der Waals surface area contributed by atoms with Crippen LogP contribution in [0.15, 0.2) is 16.8 Å². The molecule has 2 aromatic heterocycles. The maximum atomic E-state index is 12.2. The van der Waals surface area contributed by atoms with E-state index in [9.17, 15) is 4.79 Å². The second-order valence-electron chi connectivity index (χ2n) is 7.79. The molecule has 8 nitrogen and oxygen atoms in total. The number of hydrogen-bond acceptors (Lipinski definition) is 6. The van der Waals surface area contributed by atoms with Crippen LogP contribution in [0.25, 0.3) is 0 Å². The van der Waals surface area contributed by atoms with Gasteiger partial charge in [-0.05, 0) is 12.8 Å². The molecule has 26 heavy (non-hydrogen) atoms. The third-order valence-electron chi connectivity index (χ3n) is 4.37. The molecule has 0 saturated carbocycles. The van der Waals surface area contributed by atoms with Gasteiger partial charge < -0.3 is 14.6 Å². The third kappa shape index (κ3) is 4.91. The normalized spacial score (nSPS) is 17.6. The minimum absolute atomic E-state index is 0.0371. The number of aromatic nitrogens is 4. The lowest BCUT2D eigenvalue weighted by Crippen LogP contribution is -2.18. The van der Waals surface area contributed by atoms with E-state index in [-0.39, 0.29) is 11.3 Å². The van der Waals surface area contributed by atoms with Gasteiger partial charge in [-0.2, -0.15) is 10.1 Å². The molecule has 1 saturated heterocycles. The Morgan fingerprint density at radius 2 is 2.27 bits per heavy atom. The van der Waals surface area contributed by atoms with Crippen molar-refractivity contribution in [2.75, 3.05) is 18.5 Å². The fourth-order valence-electron chi connectivity index (χ4n) is 2.82. The van der Waals surface area contributed by atoms with Crippen molar-refractivity contribution in [1.29, 1.82) is 0 Å². The number of nitrogens with zero attached hydrogens (tertiary/aromatic N) is 4. The minimum Gasteiger partial charge on any atom is -0.381 e. The topological polar surface area (TPSA) is 95.1 Å². The standard InChI is InChI=1S/C18H27N5O3/c1-18(2,3)17-21-16(26-22-17)6-4-5-15(24)20-14-7-9-19-23(14)11-13-8-10-25-12-13/h7,9,13H,4-6,8,10-12H2,1-3H3,(H,20,24). The Hall–Kier alpha value is -2.22. The van der Waals surface area contributed by atoms with Crippen LogP contribution < -0.4 is 5.32 Å². The summed E-state index contributed by atoms with van der Waals surface area (Å²) < 4.78 is 12.5. The highest BCUT2D eigenvalue weighted by Crippen LogP contribution is 2.19. The lowest BCUT2D eigenvalue weighted by atomic mass is 9.96. The van der Waals surface area contributed by atoms with Crippen LogP contribution in [-0.4, -0.2) is 39.0 Å². The van der Waals surface area contributed by atoms with Crippen LogP contribution in [0.5, 0.6) is 0 Å². The molecule has 142 valence electrons. The highest BCUT2D eigenvalue weighted by Gasteiger charge is 2.21. The van der Waals surface area contributed by atoms with Gasteiger partial charge in [-0.15, -0.1) is 0 Å². The quantitative estimate of drug-likeness (QED) is 0.814. The summed E-state index contributed by atoms with van der Waals surface area (Å²) in [5.41, 5.74) is -0.137. The zero-order chi connectivity index (χ0) is 18.6. The summed E-state index contributed by atoms with van der Waals surface area (Å²) in [6, 6.07) is 1.82. The number of hydrogen-bond donors (Lipinski definition) is 1. The van der Waals surface area contributed by atoms with Crippen LogP contribution in [0.4, 0.5) is 5.82 Å². The lowest BCUT2D eigenvalue weighted by molar-refractivity contribution is -0.116. The van der Waals surface area contributed by atoms with Crippen LogP contribution >= 0.6 is 0 Å². The molecule has 3 heterocycles. The lowest BCUT2D eigenvalue weighted by Gasteiger charge is -2.12. The fraction of sp³-hybridized carbons (Fsp3) is 0.667. The first-order valence-corrected chi connectivity index (χ1v) is 9.14. The predicted molar refractivity (Wildman–Crippen MR) is 95.7 cm³/mol. The molecule has 1 unspecified atom stereocenters. The van der Waals surface area contributed by atoms with Gasteiger partial charge in [-0.3, -0.25) is 4.79 Å². The smallest absolute Gasteiger partial charge is 0.226 e. The number of aryl methyl sites for hydroxylation is 1. The Bertz CT molecular complexity index is 725. The summed E-state index contributed by atoms with van der Waals surface area (Å²) in [4.78, 5) is 16.6. The van der Waals surface area contributed by atoms with E-state index in [0.717, 1.165) is 32.0 Å². The van der Waals surface area contributed by atoms with Crippen molar-refractivity contribution in [3.05, 3.63) is 24.0 Å². The van der Waals surface area contributed by atoms with Gasteiger partial charge in [0.2, 0.25) is 11.8 Å². The Kier molecular flexibility index (Phi) is 5.70. The van der Waals surface area contributed by atoms with Crippen molar-refractivity contribution in [2.24, 2.45) is 5.92 Å². The zero-order valence-corrected chi connectivity index (χ0v) is 15.7. The summed E-state index contributed by atoms with van der Waals surface area (Å²) in [6.45, 7) is 8.44. The molecule has 1 N–H and O–H groups in total. The first kappa shape index (κ1) is 18.6. The van der Waals surface area contributed by atoms with Gasteiger partial charge in [-0.25, -0.2) is 4.68 Å². The van der Waals surface area contributed by atoms with E-state index >= 15 is 0 Å². The van der Waals surface area contributed by atoms with Gasteiger partial charge in [0.05, 0.1) is 12.8 Å². The molecule has 0 radical (unpaired) electrons. The van der Waals surface area contributed by atoms with Gasteiger partial charge in [0.15, 0.2) is 5.82 Å². The first-order valence-electron chi connectivity index (χ1n) is 9.14. The summed E-state index contributed by atoms with van der Waals surface area (Å²) in [5, 5.41) is 11.2. The van der Waals surface area contributed by atoms with Gasteiger partial charge in [-0.1, -0.05) is 25.9 Å². The molecular weight excluding hydrogens is 334 g/mol. The van der Waals surface area contributed by atoms with E-state index in [4.69, 9.17) is 9.26 Å². The van der Waals surface area contributed by atoms with Gasteiger partial charge in [0.1, 0.15) is 5.82 Å². The van der Waals surface area contributed by atoms with E-state index in [2.05, 4.69) is 20.6 Å². The average Bonchev–Trinajstić information content (AvgIpc) is 3.30. The molecule has 0 spiro atoms. The van der Waals surface area contributed by atoms with Gasteiger partial charge >= 0.3 is 0 Å². The molecule has 1 atom stereocenters. The van der Waals surface area contributed by atoms with E-state index in [0.29, 0.717) is 36.9 Å². The predicted octanol–water partition coefficient (Wildman–Crippen LogP) is 2.56. The van der Waals surface area contributed by atoms with Crippen LogP contribution in [0.1, 0.15) is 51.7 Å². The van der Waals surface area contributed by atoms with E-state index < -0.39 is 0 Å². The Balaban J connectivity index is 1.44. The SMILES string of the molecule is CC(C)(C)c1noc(CCCC(=O)Nc2ccnn2CC2CCOC2)n1. The number of rotatable bonds is 7. The Morgan fingerprint density at radius 3 is 2.96 bits per heavy atom. The number of amides is 1. The number of anilines is 1. The number of carbonyl (C=O) groups excluding carboxylic acids is 1. The largest absolute Gasteiger partial charge is 0.381 e. The Labute approximate surface area is 153 Å². The fourth-order valence-corrected chi connectivity index (χ4v) is 2.82.